The Hall–Kier alpha value is -2.58. The van der Waals surface area contributed by atoms with Crippen molar-refractivity contribution in [3.05, 3.63) is 65.0 Å². The van der Waals surface area contributed by atoms with E-state index in [0.717, 1.165) is 18.2 Å². The van der Waals surface area contributed by atoms with Gasteiger partial charge in [0.1, 0.15) is 5.82 Å². The van der Waals surface area contributed by atoms with Gasteiger partial charge >= 0.3 is 12.4 Å². The van der Waals surface area contributed by atoms with Gasteiger partial charge < -0.3 is 5.32 Å². The van der Waals surface area contributed by atoms with Crippen molar-refractivity contribution < 1.29 is 35.5 Å². The van der Waals surface area contributed by atoms with Gasteiger partial charge in [-0.2, -0.15) is 26.3 Å². The molecule has 2 aromatic rings. The average Bonchev–Trinajstić information content (AvgIpc) is 2.47. The molecule has 1 N–H and O–H groups in total. The molecule has 0 aliphatic carbocycles. The van der Waals surface area contributed by atoms with E-state index in [2.05, 4.69) is 0 Å². The summed E-state index contributed by atoms with van der Waals surface area (Å²) in [6.45, 7) is 0. The molecule has 0 bridgehead atoms. The lowest BCUT2D eigenvalue weighted by Crippen LogP contribution is -2.15. The van der Waals surface area contributed by atoms with Gasteiger partial charge in [0.25, 0.3) is 5.91 Å². The second kappa shape index (κ2) is 6.14. The van der Waals surface area contributed by atoms with Crippen LogP contribution in [0.4, 0.5) is 36.4 Å². The minimum Gasteiger partial charge on any atom is -0.319 e. The first-order valence-electron chi connectivity index (χ1n) is 6.34. The van der Waals surface area contributed by atoms with Gasteiger partial charge in [0.05, 0.1) is 16.8 Å². The minimum atomic E-state index is -4.76. The zero-order valence-electron chi connectivity index (χ0n) is 11.6. The number of carbonyl (C=O) groups is 1. The molecule has 9 heteroatoms. The van der Waals surface area contributed by atoms with E-state index < -0.39 is 46.5 Å². The number of rotatable bonds is 2. The van der Waals surface area contributed by atoms with Crippen molar-refractivity contribution in [1.29, 1.82) is 0 Å². The molecule has 0 saturated heterocycles. The molecule has 0 aromatic heterocycles. The van der Waals surface area contributed by atoms with Crippen LogP contribution in [0, 0.1) is 5.82 Å². The number of hydrogen-bond acceptors (Lipinski definition) is 1. The van der Waals surface area contributed by atoms with Gasteiger partial charge in [0.2, 0.25) is 0 Å². The summed E-state index contributed by atoms with van der Waals surface area (Å²) in [5, 5.41) is 1.84. The zero-order valence-corrected chi connectivity index (χ0v) is 11.6. The third kappa shape index (κ3) is 4.03. The standard InChI is InChI=1S/C15H8F7NO/c16-11-5-4-10(15(20,21)22)7-12(11)23-13(24)8-2-1-3-9(6-8)14(17,18)19/h1-7H,(H,23,24). The lowest BCUT2D eigenvalue weighted by atomic mass is 10.1. The molecule has 0 spiro atoms. The van der Waals surface area contributed by atoms with Gasteiger partial charge in [-0.15, -0.1) is 0 Å². The summed E-state index contributed by atoms with van der Waals surface area (Å²) in [6.07, 6.45) is -9.46. The fourth-order valence-corrected chi connectivity index (χ4v) is 1.83. The van der Waals surface area contributed by atoms with E-state index in [9.17, 15) is 35.5 Å². The van der Waals surface area contributed by atoms with Crippen molar-refractivity contribution in [2.75, 3.05) is 5.32 Å². The maximum atomic E-state index is 13.5. The Kier molecular flexibility index (Phi) is 4.54. The van der Waals surface area contributed by atoms with E-state index in [1.165, 1.54) is 0 Å². The van der Waals surface area contributed by atoms with Crippen molar-refractivity contribution in [2.45, 2.75) is 12.4 Å². The molecule has 2 rings (SSSR count). The highest BCUT2D eigenvalue weighted by atomic mass is 19.4. The molecule has 1 amide bonds. The van der Waals surface area contributed by atoms with Crippen molar-refractivity contribution in [2.24, 2.45) is 0 Å². The molecule has 0 atom stereocenters. The van der Waals surface area contributed by atoms with E-state index in [-0.39, 0.29) is 0 Å². The molecular weight excluding hydrogens is 343 g/mol. The second-order valence-corrected chi connectivity index (χ2v) is 4.73. The Balaban J connectivity index is 2.30. The minimum absolute atomic E-state index is 0.362. The van der Waals surface area contributed by atoms with Gasteiger partial charge in [-0.3, -0.25) is 4.79 Å². The number of amides is 1. The zero-order chi connectivity index (χ0) is 18.1. The highest BCUT2D eigenvalue weighted by Gasteiger charge is 2.32. The molecule has 0 radical (unpaired) electrons. The van der Waals surface area contributed by atoms with Gasteiger partial charge in [0.15, 0.2) is 0 Å². The summed E-state index contributed by atoms with van der Waals surface area (Å²) in [5.41, 5.74) is -3.57. The van der Waals surface area contributed by atoms with Crippen LogP contribution in [-0.2, 0) is 12.4 Å². The molecule has 2 nitrogen and oxygen atoms in total. The largest absolute Gasteiger partial charge is 0.416 e. The van der Waals surface area contributed by atoms with Crippen LogP contribution < -0.4 is 5.32 Å². The number of alkyl halides is 6. The number of anilines is 1. The third-order valence-corrected chi connectivity index (χ3v) is 2.99. The van der Waals surface area contributed by atoms with E-state index >= 15 is 0 Å². The summed E-state index contributed by atoms with van der Waals surface area (Å²) in [6, 6.07) is 4.57. The van der Waals surface area contributed by atoms with E-state index in [4.69, 9.17) is 0 Å². The Morgan fingerprint density at radius 3 is 2.00 bits per heavy atom. The second-order valence-electron chi connectivity index (χ2n) is 4.73. The summed E-state index contributed by atoms with van der Waals surface area (Å²) in [5.74, 6) is -2.32. The van der Waals surface area contributed by atoms with Crippen LogP contribution >= 0.6 is 0 Å². The fourth-order valence-electron chi connectivity index (χ4n) is 1.83. The number of nitrogens with one attached hydrogen (secondary N) is 1. The number of hydrogen-bond donors (Lipinski definition) is 1. The lowest BCUT2D eigenvalue weighted by Gasteiger charge is -2.12. The molecule has 0 fully saturated rings. The molecule has 0 heterocycles. The van der Waals surface area contributed by atoms with Gasteiger partial charge in [-0.1, -0.05) is 6.07 Å². The lowest BCUT2D eigenvalue weighted by molar-refractivity contribution is -0.138. The first-order chi connectivity index (χ1) is 11.0. The highest BCUT2D eigenvalue weighted by molar-refractivity contribution is 6.04. The van der Waals surface area contributed by atoms with E-state index in [1.807, 2.05) is 5.32 Å². The summed E-state index contributed by atoms with van der Waals surface area (Å²) < 4.78 is 89.1. The summed E-state index contributed by atoms with van der Waals surface area (Å²) >= 11 is 0. The van der Waals surface area contributed by atoms with Crippen LogP contribution in [0.25, 0.3) is 0 Å². The van der Waals surface area contributed by atoms with Gasteiger partial charge in [0, 0.05) is 5.56 Å². The highest BCUT2D eigenvalue weighted by Crippen LogP contribution is 2.32. The van der Waals surface area contributed by atoms with Crippen LogP contribution in [0.1, 0.15) is 21.5 Å². The fraction of sp³-hybridized carbons (Fsp3) is 0.133. The quantitative estimate of drug-likeness (QED) is 0.748. The SMILES string of the molecule is O=C(Nc1cc(C(F)(F)F)ccc1F)c1cccc(C(F)(F)F)c1. The van der Waals surface area contributed by atoms with Gasteiger partial charge in [-0.05, 0) is 36.4 Å². The Morgan fingerprint density at radius 1 is 0.833 bits per heavy atom. The predicted octanol–water partition coefficient (Wildman–Crippen LogP) is 5.12. The maximum absolute atomic E-state index is 13.5. The number of halogens is 7. The monoisotopic (exact) mass is 351 g/mol. The first-order valence-corrected chi connectivity index (χ1v) is 6.34. The van der Waals surface area contributed by atoms with Crippen molar-refractivity contribution in [3.63, 3.8) is 0 Å². The van der Waals surface area contributed by atoms with Crippen molar-refractivity contribution >= 4 is 11.6 Å². The van der Waals surface area contributed by atoms with Crippen LogP contribution in [0.5, 0.6) is 0 Å². The summed E-state index contributed by atoms with van der Waals surface area (Å²) in [7, 11) is 0. The molecular formula is C15H8F7NO. The van der Waals surface area contributed by atoms with E-state index in [0.29, 0.717) is 24.3 Å². The van der Waals surface area contributed by atoms with Crippen LogP contribution in [-0.4, -0.2) is 5.91 Å². The first kappa shape index (κ1) is 17.8. The summed E-state index contributed by atoms with van der Waals surface area (Å²) in [4.78, 5) is 11.9. The van der Waals surface area contributed by atoms with Crippen molar-refractivity contribution in [3.8, 4) is 0 Å². The molecule has 0 aliphatic heterocycles. The molecule has 128 valence electrons. The Labute approximate surface area is 130 Å². The topological polar surface area (TPSA) is 29.1 Å². The molecule has 24 heavy (non-hydrogen) atoms. The average molecular weight is 351 g/mol. The predicted molar refractivity (Wildman–Crippen MR) is 70.8 cm³/mol. The number of carbonyl (C=O) groups excluding carboxylic acids is 1. The number of benzene rings is 2. The molecule has 2 aromatic carbocycles. The molecule has 0 saturated carbocycles. The van der Waals surface area contributed by atoms with Crippen LogP contribution in [0.15, 0.2) is 42.5 Å². The Morgan fingerprint density at radius 2 is 1.42 bits per heavy atom. The van der Waals surface area contributed by atoms with Crippen LogP contribution in [0.2, 0.25) is 0 Å². The molecule has 0 unspecified atom stereocenters. The van der Waals surface area contributed by atoms with Crippen LogP contribution in [0.3, 0.4) is 0 Å². The van der Waals surface area contributed by atoms with Crippen molar-refractivity contribution in [1.82, 2.24) is 0 Å². The maximum Gasteiger partial charge on any atom is 0.416 e. The normalized spacial score (nSPS) is 12.1. The smallest absolute Gasteiger partial charge is 0.319 e. The van der Waals surface area contributed by atoms with Gasteiger partial charge in [-0.25, -0.2) is 4.39 Å². The Bertz CT molecular complexity index is 765. The molecule has 0 aliphatic rings. The van der Waals surface area contributed by atoms with E-state index in [1.54, 1.807) is 0 Å². The third-order valence-electron chi connectivity index (χ3n) is 2.99.